The van der Waals surface area contributed by atoms with Crippen LogP contribution >= 0.6 is 0 Å². The second-order valence-corrected chi connectivity index (χ2v) is 9.78. The molecule has 0 saturated heterocycles. The molecule has 0 bridgehead atoms. The number of aliphatic hydroxyl groups is 2. The van der Waals surface area contributed by atoms with Crippen molar-refractivity contribution in [3.05, 3.63) is 83.9 Å². The highest BCUT2D eigenvalue weighted by Gasteiger charge is 2.43. The van der Waals surface area contributed by atoms with Gasteiger partial charge >= 0.3 is 5.97 Å². The fourth-order valence-corrected chi connectivity index (χ4v) is 5.20. The summed E-state index contributed by atoms with van der Waals surface area (Å²) in [4.78, 5) is 37.8. The Hall–Kier alpha value is -4.35. The fourth-order valence-electron chi connectivity index (χ4n) is 5.20. The molecule has 1 fully saturated rings. The molecule has 11 heteroatoms. The Morgan fingerprint density at radius 3 is 2.27 bits per heavy atom. The summed E-state index contributed by atoms with van der Waals surface area (Å²) >= 11 is 0. The Kier molecular flexibility index (Phi) is 8.04. The quantitative estimate of drug-likeness (QED) is 0.233. The van der Waals surface area contributed by atoms with Gasteiger partial charge in [0.25, 0.3) is 0 Å². The normalized spacial score (nSPS) is 20.5. The molecule has 1 aliphatic carbocycles. The Labute approximate surface area is 231 Å². The average Bonchev–Trinajstić information content (AvgIpc) is 3.54. The summed E-state index contributed by atoms with van der Waals surface area (Å²) in [5.74, 6) is -0.796. The van der Waals surface area contributed by atoms with Gasteiger partial charge in [0.2, 0.25) is 11.7 Å². The van der Waals surface area contributed by atoms with Gasteiger partial charge in [-0.25, -0.2) is 19.7 Å². The molecule has 1 amide bonds. The number of aromatic nitrogens is 4. The Balaban J connectivity index is 1.50. The first kappa shape index (κ1) is 27.2. The molecule has 4 aromatic rings. The third kappa shape index (κ3) is 5.38. The van der Waals surface area contributed by atoms with Crippen LogP contribution in [0.1, 0.15) is 53.5 Å². The fraction of sp³-hybridized carbons (Fsp3) is 0.345. The molecule has 2 heterocycles. The van der Waals surface area contributed by atoms with E-state index in [1.807, 2.05) is 36.4 Å². The number of rotatable bonds is 9. The van der Waals surface area contributed by atoms with E-state index in [0.29, 0.717) is 23.5 Å². The van der Waals surface area contributed by atoms with Gasteiger partial charge in [-0.2, -0.15) is 0 Å². The van der Waals surface area contributed by atoms with E-state index in [4.69, 9.17) is 4.74 Å². The van der Waals surface area contributed by atoms with Crippen molar-refractivity contribution in [2.24, 2.45) is 0 Å². The van der Waals surface area contributed by atoms with Gasteiger partial charge in [-0.3, -0.25) is 4.79 Å². The largest absolute Gasteiger partial charge is 0.463 e. The minimum atomic E-state index is -1.19. The summed E-state index contributed by atoms with van der Waals surface area (Å²) < 4.78 is 6.52. The second kappa shape index (κ2) is 11.8. The Morgan fingerprint density at radius 1 is 1.02 bits per heavy atom. The van der Waals surface area contributed by atoms with E-state index in [-0.39, 0.29) is 30.5 Å². The lowest BCUT2D eigenvalue weighted by Gasteiger charge is -2.20. The van der Waals surface area contributed by atoms with Crippen LogP contribution in [-0.4, -0.2) is 73.5 Å². The van der Waals surface area contributed by atoms with Crippen molar-refractivity contribution in [1.82, 2.24) is 24.8 Å². The Morgan fingerprint density at radius 2 is 1.68 bits per heavy atom. The third-order valence-corrected chi connectivity index (χ3v) is 7.34. The number of esters is 1. The zero-order valence-electron chi connectivity index (χ0n) is 22.3. The molecule has 4 atom stereocenters. The zero-order valence-corrected chi connectivity index (χ0v) is 22.3. The highest BCUT2D eigenvalue weighted by molar-refractivity contribution is 5.91. The molecule has 2 aromatic heterocycles. The molecule has 1 aliphatic rings. The highest BCUT2D eigenvalue weighted by atomic mass is 16.5. The van der Waals surface area contributed by atoms with Crippen LogP contribution in [0.2, 0.25) is 0 Å². The smallest absolute Gasteiger partial charge is 0.376 e. The molecule has 4 unspecified atom stereocenters. The van der Waals surface area contributed by atoms with Gasteiger partial charge in [0, 0.05) is 18.9 Å². The maximum Gasteiger partial charge on any atom is 0.376 e. The molecule has 2 aromatic carbocycles. The average molecular weight is 545 g/mol. The van der Waals surface area contributed by atoms with Crippen LogP contribution < -0.4 is 10.6 Å². The number of nitrogens with zero attached hydrogens (tertiary/aromatic N) is 4. The first-order valence-corrected chi connectivity index (χ1v) is 13.2. The Bertz CT molecular complexity index is 1440. The number of fused-ring (bicyclic) bond motifs is 1. The monoisotopic (exact) mass is 544 g/mol. The number of amides is 1. The van der Waals surface area contributed by atoms with Crippen molar-refractivity contribution < 1.29 is 24.5 Å². The number of imidazole rings is 1. The number of anilines is 1. The molecule has 0 spiro atoms. The first-order chi connectivity index (χ1) is 19.4. The molecule has 0 radical (unpaired) electrons. The number of benzene rings is 2. The van der Waals surface area contributed by atoms with Gasteiger partial charge in [-0.15, -0.1) is 0 Å². The summed E-state index contributed by atoms with van der Waals surface area (Å²) in [5, 5.41) is 27.6. The number of nitrogens with one attached hydrogen (secondary N) is 2. The van der Waals surface area contributed by atoms with Crippen molar-refractivity contribution in [2.75, 3.05) is 19.0 Å². The zero-order chi connectivity index (χ0) is 28.2. The van der Waals surface area contributed by atoms with Gasteiger partial charge in [-0.1, -0.05) is 67.6 Å². The highest BCUT2D eigenvalue weighted by Crippen LogP contribution is 2.34. The standard InChI is InChI=1S/C29H32N6O5/c1-3-22(36)32-20-14-21(25(38)24(20)37)35-16-31-23-26(33-27(29(39)40-2)34-28(23)35)30-15-19(17-10-6-4-7-11-17)18-12-8-5-9-13-18/h4-13,16,19-21,24-25,37-38H,3,14-15H2,1-2H3,(H,32,36)(H,30,33,34). The van der Waals surface area contributed by atoms with Crippen molar-refractivity contribution in [3.63, 3.8) is 0 Å². The van der Waals surface area contributed by atoms with Crippen LogP contribution in [0.15, 0.2) is 67.0 Å². The number of aliphatic hydroxyl groups excluding tert-OH is 2. The van der Waals surface area contributed by atoms with Crippen LogP contribution in [-0.2, 0) is 9.53 Å². The van der Waals surface area contributed by atoms with Gasteiger partial charge in [0.15, 0.2) is 11.5 Å². The lowest BCUT2D eigenvalue weighted by atomic mass is 9.91. The van der Waals surface area contributed by atoms with E-state index >= 15 is 0 Å². The van der Waals surface area contributed by atoms with Gasteiger partial charge < -0.3 is 30.2 Å². The lowest BCUT2D eigenvalue weighted by Crippen LogP contribution is -2.42. The van der Waals surface area contributed by atoms with Crippen LogP contribution in [0.5, 0.6) is 0 Å². The molecule has 0 aliphatic heterocycles. The molecule has 208 valence electrons. The molecular weight excluding hydrogens is 512 g/mol. The summed E-state index contributed by atoms with van der Waals surface area (Å²) in [6.07, 6.45) is -0.343. The van der Waals surface area contributed by atoms with Crippen LogP contribution in [0.4, 0.5) is 5.82 Å². The van der Waals surface area contributed by atoms with Gasteiger partial charge in [0.05, 0.1) is 25.5 Å². The maximum absolute atomic E-state index is 12.5. The van der Waals surface area contributed by atoms with E-state index in [1.165, 1.54) is 13.4 Å². The predicted molar refractivity (Wildman–Crippen MR) is 148 cm³/mol. The number of carbonyl (C=O) groups is 2. The van der Waals surface area contributed by atoms with Crippen LogP contribution in [0, 0.1) is 0 Å². The number of methoxy groups -OCH3 is 1. The van der Waals surface area contributed by atoms with Crippen molar-refractivity contribution in [2.45, 2.75) is 50.0 Å². The van der Waals surface area contributed by atoms with E-state index in [2.05, 4.69) is 49.9 Å². The molecular formula is C29H32N6O5. The topological polar surface area (TPSA) is 151 Å². The van der Waals surface area contributed by atoms with Crippen LogP contribution in [0.3, 0.4) is 0 Å². The molecule has 5 rings (SSSR count). The maximum atomic E-state index is 12.5. The van der Waals surface area contributed by atoms with E-state index in [9.17, 15) is 19.8 Å². The molecule has 1 saturated carbocycles. The SMILES string of the molecule is CCC(=O)NC1CC(n2cnc3c(NCC(c4ccccc4)c4ccccc4)nc(C(=O)OC)nc32)C(O)C1O. The number of hydrogen-bond donors (Lipinski definition) is 4. The van der Waals surface area contributed by atoms with E-state index in [1.54, 1.807) is 11.5 Å². The minimum absolute atomic E-state index is 0.0224. The summed E-state index contributed by atoms with van der Waals surface area (Å²) in [5.41, 5.74) is 2.91. The van der Waals surface area contributed by atoms with Crippen molar-refractivity contribution in [1.29, 1.82) is 0 Å². The summed E-state index contributed by atoms with van der Waals surface area (Å²) in [6.45, 7) is 2.16. The first-order valence-electron chi connectivity index (χ1n) is 13.2. The molecule has 40 heavy (non-hydrogen) atoms. The summed E-state index contributed by atoms with van der Waals surface area (Å²) in [6, 6.07) is 18.8. The van der Waals surface area contributed by atoms with Crippen molar-refractivity contribution in [3.8, 4) is 0 Å². The van der Waals surface area contributed by atoms with E-state index < -0.39 is 30.3 Å². The van der Waals surface area contributed by atoms with Gasteiger partial charge in [0.1, 0.15) is 17.7 Å². The van der Waals surface area contributed by atoms with Crippen LogP contribution in [0.25, 0.3) is 11.2 Å². The van der Waals surface area contributed by atoms with Crippen molar-refractivity contribution >= 4 is 28.9 Å². The molecule has 4 N–H and O–H groups in total. The number of hydrogen-bond acceptors (Lipinski definition) is 9. The third-order valence-electron chi connectivity index (χ3n) is 7.34. The van der Waals surface area contributed by atoms with Gasteiger partial charge in [-0.05, 0) is 17.5 Å². The predicted octanol–water partition coefficient (Wildman–Crippen LogP) is 2.42. The number of ether oxygens (including phenoxy) is 1. The minimum Gasteiger partial charge on any atom is -0.463 e. The molecule has 11 nitrogen and oxygen atoms in total. The second-order valence-electron chi connectivity index (χ2n) is 9.78. The summed E-state index contributed by atoms with van der Waals surface area (Å²) in [7, 11) is 1.25. The lowest BCUT2D eigenvalue weighted by molar-refractivity contribution is -0.122. The van der Waals surface area contributed by atoms with E-state index in [0.717, 1.165) is 11.1 Å². The number of carbonyl (C=O) groups excluding carboxylic acids is 2.